The van der Waals surface area contributed by atoms with Crippen molar-refractivity contribution >= 4 is 17.9 Å². The number of allylic oxidation sites excluding steroid dienone is 2. The van der Waals surface area contributed by atoms with Crippen LogP contribution in [0.4, 0.5) is 0 Å². The summed E-state index contributed by atoms with van der Waals surface area (Å²) in [5.74, 6) is -1.81. The van der Waals surface area contributed by atoms with E-state index in [0.717, 1.165) is 32.1 Å². The Morgan fingerprint density at radius 1 is 0.707 bits per heavy atom. The number of quaternary nitrogens is 1. The van der Waals surface area contributed by atoms with Gasteiger partial charge in [0.1, 0.15) is 12.6 Å². The van der Waals surface area contributed by atoms with Gasteiger partial charge in [0, 0.05) is 19.3 Å². The zero-order valence-corrected chi connectivity index (χ0v) is 27.0. The second kappa shape index (κ2) is 25.8. The Bertz CT molecular complexity index is 702. The average Bonchev–Trinajstić information content (AvgIpc) is 2.91. The minimum absolute atomic E-state index is 0.0288. The summed E-state index contributed by atoms with van der Waals surface area (Å²) in [5.41, 5.74) is 0. The molecule has 0 amide bonds. The van der Waals surface area contributed by atoms with E-state index in [1.54, 1.807) is 21.1 Å². The van der Waals surface area contributed by atoms with E-state index < -0.39 is 18.1 Å². The van der Waals surface area contributed by atoms with Gasteiger partial charge in [-0.05, 0) is 25.7 Å². The number of likely N-dealkylation sites (N-methyl/N-ethyl adjacent to an activating group) is 1. The maximum absolute atomic E-state index is 12.4. The van der Waals surface area contributed by atoms with Gasteiger partial charge in [-0.25, -0.2) is 0 Å². The molecule has 0 aromatic heterocycles. The maximum atomic E-state index is 12.4. The number of esters is 2. The van der Waals surface area contributed by atoms with E-state index in [2.05, 4.69) is 19.9 Å². The van der Waals surface area contributed by atoms with Crippen molar-refractivity contribution in [1.82, 2.24) is 0 Å². The molecule has 8 heteroatoms. The predicted molar refractivity (Wildman–Crippen MR) is 162 cm³/mol. The largest absolute Gasteiger partial charge is 0.544 e. The Labute approximate surface area is 250 Å². The first-order chi connectivity index (χ1) is 19.6. The quantitative estimate of drug-likeness (QED) is 0.0489. The van der Waals surface area contributed by atoms with Crippen LogP contribution in [0.1, 0.15) is 129 Å². The average molecular weight is 584 g/mol. The van der Waals surface area contributed by atoms with Gasteiger partial charge in [0.15, 0.2) is 6.10 Å². The van der Waals surface area contributed by atoms with E-state index in [0.29, 0.717) is 12.8 Å². The highest BCUT2D eigenvalue weighted by atomic mass is 16.6. The molecule has 41 heavy (non-hydrogen) atoms. The fourth-order valence-electron chi connectivity index (χ4n) is 4.56. The molecule has 0 N–H and O–H groups in total. The van der Waals surface area contributed by atoms with E-state index in [-0.39, 0.29) is 49.1 Å². The number of aliphatic carboxylic acids is 1. The van der Waals surface area contributed by atoms with E-state index in [4.69, 9.17) is 14.2 Å². The maximum Gasteiger partial charge on any atom is 0.306 e. The molecule has 240 valence electrons. The summed E-state index contributed by atoms with van der Waals surface area (Å²) in [6.07, 6.45) is 21.2. The molecule has 0 rings (SSSR count). The molecule has 0 aliphatic rings. The van der Waals surface area contributed by atoms with Crippen molar-refractivity contribution in [1.29, 1.82) is 0 Å². The van der Waals surface area contributed by atoms with Crippen molar-refractivity contribution in [2.45, 2.75) is 142 Å². The lowest BCUT2D eigenvalue weighted by Crippen LogP contribution is -2.55. The molecule has 0 saturated heterocycles. The number of nitrogens with zero attached hydrogens (tertiary/aromatic N) is 1. The summed E-state index contributed by atoms with van der Waals surface area (Å²) in [6.45, 7) is 4.51. The minimum Gasteiger partial charge on any atom is -0.544 e. The van der Waals surface area contributed by atoms with Crippen molar-refractivity contribution in [3.8, 4) is 0 Å². The van der Waals surface area contributed by atoms with Crippen LogP contribution in [-0.2, 0) is 28.6 Å². The van der Waals surface area contributed by atoms with Crippen molar-refractivity contribution < 1.29 is 38.2 Å². The number of hydrogen-bond acceptors (Lipinski definition) is 7. The van der Waals surface area contributed by atoms with Gasteiger partial charge in [-0.2, -0.15) is 0 Å². The third kappa shape index (κ3) is 24.4. The number of unbranched alkanes of at least 4 members (excludes halogenated alkanes) is 12. The Morgan fingerprint density at radius 2 is 1.27 bits per heavy atom. The minimum atomic E-state index is -1.13. The monoisotopic (exact) mass is 583 g/mol. The number of hydrogen-bond donors (Lipinski definition) is 0. The first kappa shape index (κ1) is 39.1. The summed E-state index contributed by atoms with van der Waals surface area (Å²) in [5, 5.41) is 11.5. The Kier molecular flexibility index (Phi) is 24.5. The van der Waals surface area contributed by atoms with Crippen LogP contribution in [-0.4, -0.2) is 75.5 Å². The summed E-state index contributed by atoms with van der Waals surface area (Å²) in [6, 6.07) is -0.723. The first-order valence-electron chi connectivity index (χ1n) is 16.2. The molecule has 0 spiro atoms. The van der Waals surface area contributed by atoms with Gasteiger partial charge < -0.3 is 28.6 Å². The second-order valence-corrected chi connectivity index (χ2v) is 12.0. The Morgan fingerprint density at radius 3 is 1.85 bits per heavy atom. The van der Waals surface area contributed by atoms with Crippen LogP contribution >= 0.6 is 0 Å². The lowest BCUT2D eigenvalue weighted by Gasteiger charge is -2.34. The smallest absolute Gasteiger partial charge is 0.306 e. The van der Waals surface area contributed by atoms with Crippen LogP contribution in [0.5, 0.6) is 0 Å². The zero-order chi connectivity index (χ0) is 30.8. The van der Waals surface area contributed by atoms with E-state index in [1.165, 1.54) is 57.8 Å². The number of carboxylic acid groups (broad SMARTS) is 1. The summed E-state index contributed by atoms with van der Waals surface area (Å²) in [4.78, 5) is 36.2. The Hall–Kier alpha value is -1.93. The number of carbonyl (C=O) groups is 3. The van der Waals surface area contributed by atoms with E-state index in [1.807, 2.05) is 6.08 Å². The number of carboxylic acids is 1. The van der Waals surface area contributed by atoms with Crippen molar-refractivity contribution in [2.24, 2.45) is 0 Å². The highest BCUT2D eigenvalue weighted by Crippen LogP contribution is 2.12. The lowest BCUT2D eigenvalue weighted by atomic mass is 10.1. The molecule has 0 aliphatic carbocycles. The van der Waals surface area contributed by atoms with Crippen molar-refractivity contribution in [2.75, 3.05) is 41.0 Å². The van der Waals surface area contributed by atoms with Gasteiger partial charge in [-0.3, -0.25) is 9.59 Å². The summed E-state index contributed by atoms with van der Waals surface area (Å²) in [7, 11) is 5.37. The van der Waals surface area contributed by atoms with Crippen LogP contribution in [0.15, 0.2) is 12.2 Å². The zero-order valence-electron chi connectivity index (χ0n) is 27.0. The van der Waals surface area contributed by atoms with Crippen LogP contribution in [0.3, 0.4) is 0 Å². The molecule has 0 aromatic carbocycles. The molecule has 8 nitrogen and oxygen atoms in total. The lowest BCUT2D eigenvalue weighted by molar-refractivity contribution is -0.889. The molecule has 0 heterocycles. The number of carbonyl (C=O) groups excluding carboxylic acids is 3. The molecule has 0 aromatic rings. The van der Waals surface area contributed by atoms with Gasteiger partial charge in [0.2, 0.25) is 0 Å². The fraction of sp³-hybridized carbons (Fsp3) is 0.848. The molecule has 0 aliphatic heterocycles. The van der Waals surface area contributed by atoms with E-state index in [9.17, 15) is 19.5 Å². The molecular weight excluding hydrogens is 522 g/mol. The third-order valence-corrected chi connectivity index (χ3v) is 7.17. The van der Waals surface area contributed by atoms with Gasteiger partial charge in [-0.1, -0.05) is 96.6 Å². The molecule has 2 atom stereocenters. The van der Waals surface area contributed by atoms with Crippen molar-refractivity contribution in [3.05, 3.63) is 12.2 Å². The number of ether oxygens (including phenoxy) is 3. The molecule has 0 bridgehead atoms. The molecule has 0 fully saturated rings. The van der Waals surface area contributed by atoms with Gasteiger partial charge in [-0.15, -0.1) is 0 Å². The standard InChI is InChI=1S/C33H61NO7/c1-6-8-10-12-14-15-16-18-19-21-23-31(35)40-28-29(27-39-26-25-30(33(37)38)34(3,4)5)41-32(36)24-22-20-17-13-11-9-7-2/h17,20,29-30H,6-16,18-19,21-28H2,1-5H3/b20-17+. The van der Waals surface area contributed by atoms with Crippen LogP contribution in [0.25, 0.3) is 0 Å². The summed E-state index contributed by atoms with van der Waals surface area (Å²) >= 11 is 0. The topological polar surface area (TPSA) is 102 Å². The van der Waals surface area contributed by atoms with Crippen molar-refractivity contribution in [3.63, 3.8) is 0 Å². The van der Waals surface area contributed by atoms with Crippen LogP contribution in [0, 0.1) is 0 Å². The van der Waals surface area contributed by atoms with Gasteiger partial charge in [0.05, 0.1) is 40.3 Å². The summed E-state index contributed by atoms with van der Waals surface area (Å²) < 4.78 is 16.9. The van der Waals surface area contributed by atoms with Crippen LogP contribution < -0.4 is 5.11 Å². The Balaban J connectivity index is 4.51. The van der Waals surface area contributed by atoms with Gasteiger partial charge >= 0.3 is 11.9 Å². The normalized spacial score (nSPS) is 13.3. The highest BCUT2D eigenvalue weighted by Gasteiger charge is 2.25. The first-order valence-corrected chi connectivity index (χ1v) is 16.2. The molecular formula is C33H61NO7. The van der Waals surface area contributed by atoms with Gasteiger partial charge in [0.25, 0.3) is 0 Å². The van der Waals surface area contributed by atoms with E-state index >= 15 is 0 Å². The number of rotatable bonds is 28. The SMILES string of the molecule is CCCCC/C=C/CCC(=O)OC(COCCC(C(=O)[O-])[N+](C)(C)C)COC(=O)CCCCCCCCCCCC. The molecule has 0 radical (unpaired) electrons. The molecule has 0 saturated carbocycles. The van der Waals surface area contributed by atoms with Crippen LogP contribution in [0.2, 0.25) is 0 Å². The molecule has 2 unspecified atom stereocenters. The highest BCUT2D eigenvalue weighted by molar-refractivity contribution is 5.70. The second-order valence-electron chi connectivity index (χ2n) is 12.0. The predicted octanol–water partition coefficient (Wildman–Crippen LogP) is 5.90. The third-order valence-electron chi connectivity index (χ3n) is 7.17. The fourth-order valence-corrected chi connectivity index (χ4v) is 4.56.